The van der Waals surface area contributed by atoms with E-state index in [2.05, 4.69) is 99.3 Å². The van der Waals surface area contributed by atoms with Crippen molar-refractivity contribution >= 4 is 33.1 Å². The Labute approximate surface area is 179 Å². The lowest BCUT2D eigenvalue weighted by Crippen LogP contribution is -2.28. The van der Waals surface area contributed by atoms with Crippen molar-refractivity contribution in [2.75, 3.05) is 0 Å². The molecule has 5 rings (SSSR count). The first-order valence-corrected chi connectivity index (χ1v) is 10.7. The van der Waals surface area contributed by atoms with Gasteiger partial charge in [0.1, 0.15) is 11.4 Å². The number of para-hydroxylation sites is 2. The van der Waals surface area contributed by atoms with E-state index in [1.54, 1.807) is 11.3 Å². The molecule has 5 aromatic rings. The van der Waals surface area contributed by atoms with Crippen molar-refractivity contribution in [3.63, 3.8) is 0 Å². The lowest BCUT2D eigenvalue weighted by molar-refractivity contribution is -0.660. The molecular formula is C25H21N4S+. The fraction of sp³-hybridized carbons (Fsp3) is 0.0800. The van der Waals surface area contributed by atoms with Crippen molar-refractivity contribution in [1.29, 1.82) is 0 Å². The Kier molecular flexibility index (Phi) is 4.73. The number of hydrogen-bond donors (Lipinski definition) is 0. The fourth-order valence-corrected chi connectivity index (χ4v) is 4.49. The molecule has 5 heteroatoms. The summed E-state index contributed by atoms with van der Waals surface area (Å²) in [6.07, 6.45) is 0. The van der Waals surface area contributed by atoms with E-state index in [0.717, 1.165) is 38.7 Å². The molecular weight excluding hydrogens is 388 g/mol. The summed E-state index contributed by atoms with van der Waals surface area (Å²) in [5, 5.41) is 13.5. The average Bonchev–Trinajstić information content (AvgIpc) is 3.30. The fourth-order valence-electron chi connectivity index (χ4n) is 3.66. The van der Waals surface area contributed by atoms with Gasteiger partial charge in [-0.05, 0) is 41.6 Å². The van der Waals surface area contributed by atoms with Crippen LogP contribution in [0.3, 0.4) is 0 Å². The number of nitrogens with zero attached hydrogens (tertiary/aromatic N) is 4. The van der Waals surface area contributed by atoms with Gasteiger partial charge in [0.15, 0.2) is 0 Å². The Morgan fingerprint density at radius 1 is 0.800 bits per heavy atom. The van der Waals surface area contributed by atoms with Gasteiger partial charge >= 0.3 is 5.13 Å². The molecule has 0 atom stereocenters. The molecule has 0 saturated carbocycles. The van der Waals surface area contributed by atoms with Gasteiger partial charge in [-0.1, -0.05) is 66.7 Å². The van der Waals surface area contributed by atoms with E-state index in [0.29, 0.717) is 0 Å². The smallest absolute Gasteiger partial charge is 0.307 e. The maximum absolute atomic E-state index is 4.80. The van der Waals surface area contributed by atoms with Crippen LogP contribution >= 0.6 is 11.3 Å². The predicted molar refractivity (Wildman–Crippen MR) is 123 cm³/mol. The number of rotatable bonds is 4. The molecule has 0 aliphatic heterocycles. The van der Waals surface area contributed by atoms with Gasteiger partial charge in [-0.3, -0.25) is 0 Å². The van der Waals surface area contributed by atoms with Gasteiger partial charge in [-0.2, -0.15) is 0 Å². The van der Waals surface area contributed by atoms with Crippen molar-refractivity contribution in [3.8, 4) is 16.9 Å². The molecule has 3 aromatic carbocycles. The summed E-state index contributed by atoms with van der Waals surface area (Å²) in [6.45, 7) is 2.08. The van der Waals surface area contributed by atoms with E-state index in [1.165, 1.54) is 5.69 Å². The molecule has 146 valence electrons. The van der Waals surface area contributed by atoms with Crippen LogP contribution in [0, 0.1) is 6.92 Å². The summed E-state index contributed by atoms with van der Waals surface area (Å²) in [6, 6.07) is 29.2. The standard InChI is InChI=1S/C25H21N4S/c1-18-17-30-25(28(18)2)27-26-23-21-15-9-10-16-22(21)29(20-13-7-4-8-14-20)24(23)19-11-5-3-6-12-19/h3-17H,1-2H3/q+1. The van der Waals surface area contributed by atoms with Crippen molar-refractivity contribution in [1.82, 2.24) is 4.57 Å². The minimum absolute atomic E-state index is 0.878. The third-order valence-corrected chi connectivity index (χ3v) is 6.32. The van der Waals surface area contributed by atoms with Crippen LogP contribution in [0.25, 0.3) is 27.8 Å². The lowest BCUT2D eigenvalue weighted by Gasteiger charge is -2.11. The van der Waals surface area contributed by atoms with Gasteiger partial charge in [0.2, 0.25) is 0 Å². The molecule has 0 saturated heterocycles. The SMILES string of the molecule is Cc1csc(N=Nc2c(-c3ccccc3)n(-c3ccccc3)c3ccccc23)[n+]1C. The first-order valence-electron chi connectivity index (χ1n) is 9.84. The minimum Gasteiger partial charge on any atom is -0.307 e. The van der Waals surface area contributed by atoms with E-state index in [-0.39, 0.29) is 0 Å². The third-order valence-electron chi connectivity index (χ3n) is 5.30. The molecule has 0 aliphatic rings. The number of aromatic nitrogens is 2. The second-order valence-corrected chi connectivity index (χ2v) is 8.01. The monoisotopic (exact) mass is 409 g/mol. The van der Waals surface area contributed by atoms with Crippen LogP contribution in [0.2, 0.25) is 0 Å². The van der Waals surface area contributed by atoms with Crippen molar-refractivity contribution in [3.05, 3.63) is 96.0 Å². The maximum atomic E-state index is 4.80. The summed E-state index contributed by atoms with van der Waals surface area (Å²) >= 11 is 1.60. The molecule has 0 amide bonds. The summed E-state index contributed by atoms with van der Waals surface area (Å²) in [4.78, 5) is 0. The molecule has 30 heavy (non-hydrogen) atoms. The highest BCUT2D eigenvalue weighted by Gasteiger charge is 2.22. The van der Waals surface area contributed by atoms with Gasteiger partial charge in [-0.25, -0.2) is 4.57 Å². The Hall–Kier alpha value is -3.57. The normalized spacial score (nSPS) is 11.5. The van der Waals surface area contributed by atoms with E-state index in [9.17, 15) is 0 Å². The van der Waals surface area contributed by atoms with Gasteiger partial charge in [0.25, 0.3) is 0 Å². The predicted octanol–water partition coefficient (Wildman–Crippen LogP) is 6.91. The average molecular weight is 410 g/mol. The summed E-state index contributed by atoms with van der Waals surface area (Å²) in [5.41, 5.74) is 6.42. The van der Waals surface area contributed by atoms with Crippen LogP contribution in [0.15, 0.2) is 101 Å². The molecule has 0 bridgehead atoms. The highest BCUT2D eigenvalue weighted by atomic mass is 32.1. The van der Waals surface area contributed by atoms with Gasteiger partial charge in [0.05, 0.1) is 23.4 Å². The van der Waals surface area contributed by atoms with Crippen LogP contribution in [0.1, 0.15) is 5.69 Å². The Morgan fingerprint density at radius 3 is 2.17 bits per heavy atom. The molecule has 2 aromatic heterocycles. The van der Waals surface area contributed by atoms with Crippen LogP contribution < -0.4 is 4.57 Å². The molecule has 0 spiro atoms. The van der Waals surface area contributed by atoms with E-state index in [1.807, 2.05) is 19.2 Å². The topological polar surface area (TPSA) is 33.5 Å². The summed E-state index contributed by atoms with van der Waals surface area (Å²) in [5.74, 6) is 0. The molecule has 0 radical (unpaired) electrons. The second-order valence-electron chi connectivity index (χ2n) is 7.17. The quantitative estimate of drug-likeness (QED) is 0.228. The number of aryl methyl sites for hydroxylation is 1. The number of thiazole rings is 1. The molecule has 0 unspecified atom stereocenters. The number of azo groups is 1. The van der Waals surface area contributed by atoms with Crippen molar-refractivity contribution in [2.24, 2.45) is 17.3 Å². The Morgan fingerprint density at radius 2 is 1.47 bits per heavy atom. The first-order chi connectivity index (χ1) is 14.7. The number of benzene rings is 3. The summed E-state index contributed by atoms with van der Waals surface area (Å²) < 4.78 is 4.34. The van der Waals surface area contributed by atoms with Crippen LogP contribution in [-0.2, 0) is 7.05 Å². The summed E-state index contributed by atoms with van der Waals surface area (Å²) in [7, 11) is 2.02. The lowest BCUT2D eigenvalue weighted by atomic mass is 10.1. The second kappa shape index (κ2) is 7.69. The molecule has 4 nitrogen and oxygen atoms in total. The van der Waals surface area contributed by atoms with Crippen LogP contribution in [0.5, 0.6) is 0 Å². The van der Waals surface area contributed by atoms with Gasteiger partial charge < -0.3 is 4.57 Å². The van der Waals surface area contributed by atoms with E-state index < -0.39 is 0 Å². The van der Waals surface area contributed by atoms with E-state index >= 15 is 0 Å². The number of hydrogen-bond acceptors (Lipinski definition) is 3. The number of fused-ring (bicyclic) bond motifs is 1. The van der Waals surface area contributed by atoms with E-state index in [4.69, 9.17) is 5.11 Å². The Balaban J connectivity index is 1.83. The maximum Gasteiger partial charge on any atom is 0.408 e. The molecule has 0 N–H and O–H groups in total. The minimum atomic E-state index is 0.878. The molecule has 2 heterocycles. The zero-order valence-corrected chi connectivity index (χ0v) is 17.7. The van der Waals surface area contributed by atoms with Crippen LogP contribution in [-0.4, -0.2) is 4.57 Å². The van der Waals surface area contributed by atoms with Gasteiger partial charge in [-0.15, -0.1) is 0 Å². The van der Waals surface area contributed by atoms with Crippen molar-refractivity contribution < 1.29 is 4.57 Å². The largest absolute Gasteiger partial charge is 0.408 e. The molecule has 0 fully saturated rings. The Bertz CT molecular complexity index is 1350. The zero-order valence-electron chi connectivity index (χ0n) is 16.9. The van der Waals surface area contributed by atoms with Crippen molar-refractivity contribution in [2.45, 2.75) is 6.92 Å². The zero-order chi connectivity index (χ0) is 20.5. The first kappa shape index (κ1) is 18.5. The molecule has 0 aliphatic carbocycles. The van der Waals surface area contributed by atoms with Gasteiger partial charge in [0, 0.05) is 22.0 Å². The third kappa shape index (κ3) is 3.13. The highest BCUT2D eigenvalue weighted by Crippen LogP contribution is 2.42. The van der Waals surface area contributed by atoms with Crippen LogP contribution in [0.4, 0.5) is 10.8 Å². The highest BCUT2D eigenvalue weighted by molar-refractivity contribution is 7.12.